The van der Waals surface area contributed by atoms with E-state index in [1.54, 1.807) is 18.2 Å². The summed E-state index contributed by atoms with van der Waals surface area (Å²) in [7, 11) is 0. The van der Waals surface area contributed by atoms with Gasteiger partial charge in [-0.1, -0.05) is 39.0 Å². The largest absolute Gasteiger partial charge is 0.494 e. The molecule has 7 nitrogen and oxygen atoms in total. The maximum atomic E-state index is 12.2. The third-order valence-electron chi connectivity index (χ3n) is 4.63. The summed E-state index contributed by atoms with van der Waals surface area (Å²) < 4.78 is 10.7. The second-order valence-electron chi connectivity index (χ2n) is 8.45. The van der Waals surface area contributed by atoms with E-state index in [0.29, 0.717) is 43.9 Å². The van der Waals surface area contributed by atoms with E-state index < -0.39 is 5.97 Å². The second kappa shape index (κ2) is 11.9. The Kier molecular flexibility index (Phi) is 9.25. The van der Waals surface area contributed by atoms with Gasteiger partial charge in [0, 0.05) is 32.0 Å². The summed E-state index contributed by atoms with van der Waals surface area (Å²) in [5.41, 5.74) is 1.72. The number of hydrogen-bond acceptors (Lipinski definition) is 5. The average Bonchev–Trinajstić information content (AvgIpc) is 2.73. The molecule has 0 bridgehead atoms. The molecule has 0 radical (unpaired) electrons. The van der Waals surface area contributed by atoms with E-state index in [2.05, 4.69) is 43.5 Å². The van der Waals surface area contributed by atoms with E-state index in [0.717, 1.165) is 5.75 Å². The van der Waals surface area contributed by atoms with Crippen LogP contribution in [0.15, 0.2) is 48.5 Å². The summed E-state index contributed by atoms with van der Waals surface area (Å²) in [6.45, 7) is 8.86. The smallest absolute Gasteiger partial charge is 0.308 e. The molecule has 0 unspecified atom stereocenters. The lowest BCUT2D eigenvalue weighted by atomic mass is 9.87. The van der Waals surface area contributed by atoms with Gasteiger partial charge in [-0.15, -0.1) is 0 Å². The third kappa shape index (κ3) is 8.79. The molecule has 2 aromatic carbocycles. The van der Waals surface area contributed by atoms with E-state index in [9.17, 15) is 14.4 Å². The number of carbonyl (C=O) groups is 3. The Labute approximate surface area is 189 Å². The number of benzene rings is 2. The van der Waals surface area contributed by atoms with Crippen molar-refractivity contribution in [3.63, 3.8) is 0 Å². The zero-order valence-corrected chi connectivity index (χ0v) is 19.2. The molecule has 0 aliphatic carbocycles. The molecule has 0 spiro atoms. The Balaban J connectivity index is 1.60. The normalized spacial score (nSPS) is 10.9. The van der Waals surface area contributed by atoms with Crippen LogP contribution in [0.3, 0.4) is 0 Å². The maximum Gasteiger partial charge on any atom is 0.308 e. The Hall–Kier alpha value is -3.35. The SMILES string of the molecule is CC(=O)Oc1cccc(C(=O)NCCNC(=O)CCCOc2ccc(C(C)(C)C)cc2)c1. The maximum absolute atomic E-state index is 12.2. The van der Waals surface area contributed by atoms with Gasteiger partial charge in [0.05, 0.1) is 6.61 Å². The molecule has 2 amide bonds. The molecular formula is C25H32N2O5. The number of rotatable bonds is 10. The fraction of sp³-hybridized carbons (Fsp3) is 0.400. The van der Waals surface area contributed by atoms with Crippen molar-refractivity contribution in [3.05, 3.63) is 59.7 Å². The number of hydrogen-bond donors (Lipinski definition) is 2. The highest BCUT2D eigenvalue weighted by atomic mass is 16.5. The predicted octanol–water partition coefficient (Wildman–Crippen LogP) is 3.61. The summed E-state index contributed by atoms with van der Waals surface area (Å²) in [6, 6.07) is 14.4. The van der Waals surface area contributed by atoms with Crippen LogP contribution in [0.1, 0.15) is 56.5 Å². The number of carbonyl (C=O) groups excluding carboxylic acids is 3. The molecule has 0 aliphatic heterocycles. The fourth-order valence-electron chi connectivity index (χ4n) is 2.91. The topological polar surface area (TPSA) is 93.7 Å². The van der Waals surface area contributed by atoms with E-state index in [1.165, 1.54) is 18.6 Å². The molecule has 2 rings (SSSR count). The summed E-state index contributed by atoms with van der Waals surface area (Å²) in [5.74, 6) is 0.251. The van der Waals surface area contributed by atoms with Crippen LogP contribution in [0.4, 0.5) is 0 Å². The summed E-state index contributed by atoms with van der Waals surface area (Å²) >= 11 is 0. The molecule has 0 aliphatic rings. The summed E-state index contributed by atoms with van der Waals surface area (Å²) in [4.78, 5) is 35.1. The van der Waals surface area contributed by atoms with Crippen LogP contribution in [-0.4, -0.2) is 37.5 Å². The molecule has 0 saturated carbocycles. The van der Waals surface area contributed by atoms with E-state index in [1.807, 2.05) is 12.1 Å². The molecule has 0 heterocycles. The van der Waals surface area contributed by atoms with Crippen molar-refractivity contribution >= 4 is 17.8 Å². The molecule has 7 heteroatoms. The molecule has 0 aromatic heterocycles. The van der Waals surface area contributed by atoms with Gasteiger partial charge in [0.1, 0.15) is 11.5 Å². The van der Waals surface area contributed by atoms with Gasteiger partial charge >= 0.3 is 5.97 Å². The highest BCUT2D eigenvalue weighted by molar-refractivity contribution is 5.94. The van der Waals surface area contributed by atoms with Crippen LogP contribution in [0, 0.1) is 0 Å². The molecule has 2 aromatic rings. The Bertz CT molecular complexity index is 917. The first-order valence-corrected chi connectivity index (χ1v) is 10.7. The minimum atomic E-state index is -0.450. The summed E-state index contributed by atoms with van der Waals surface area (Å²) in [5, 5.41) is 5.49. The van der Waals surface area contributed by atoms with Gasteiger partial charge in [-0.2, -0.15) is 0 Å². The van der Waals surface area contributed by atoms with Crippen molar-refractivity contribution in [3.8, 4) is 11.5 Å². The van der Waals surface area contributed by atoms with Crippen LogP contribution in [0.25, 0.3) is 0 Å². The number of ether oxygens (including phenoxy) is 2. The minimum Gasteiger partial charge on any atom is -0.494 e. The fourth-order valence-corrected chi connectivity index (χ4v) is 2.91. The van der Waals surface area contributed by atoms with Crippen LogP contribution < -0.4 is 20.1 Å². The van der Waals surface area contributed by atoms with Gasteiger partial charge in [0.2, 0.25) is 5.91 Å². The highest BCUT2D eigenvalue weighted by Gasteiger charge is 2.13. The van der Waals surface area contributed by atoms with Crippen molar-refractivity contribution < 1.29 is 23.9 Å². The minimum absolute atomic E-state index is 0.0946. The lowest BCUT2D eigenvalue weighted by Crippen LogP contribution is -2.34. The van der Waals surface area contributed by atoms with Crippen LogP contribution >= 0.6 is 0 Å². The molecule has 172 valence electrons. The lowest BCUT2D eigenvalue weighted by Gasteiger charge is -2.19. The molecule has 0 saturated heterocycles. The molecule has 32 heavy (non-hydrogen) atoms. The Morgan fingerprint density at radius 3 is 2.25 bits per heavy atom. The summed E-state index contributed by atoms with van der Waals surface area (Å²) in [6.07, 6.45) is 0.945. The molecule has 0 fully saturated rings. The highest BCUT2D eigenvalue weighted by Crippen LogP contribution is 2.24. The van der Waals surface area contributed by atoms with E-state index >= 15 is 0 Å². The Morgan fingerprint density at radius 2 is 1.59 bits per heavy atom. The van der Waals surface area contributed by atoms with E-state index in [-0.39, 0.29) is 17.2 Å². The van der Waals surface area contributed by atoms with Crippen LogP contribution in [0.2, 0.25) is 0 Å². The van der Waals surface area contributed by atoms with Crippen molar-refractivity contribution in [2.24, 2.45) is 0 Å². The van der Waals surface area contributed by atoms with Crippen LogP contribution in [-0.2, 0) is 15.0 Å². The second-order valence-corrected chi connectivity index (χ2v) is 8.45. The first kappa shape index (κ1) is 24.9. The van der Waals surface area contributed by atoms with Crippen molar-refractivity contribution in [1.82, 2.24) is 10.6 Å². The lowest BCUT2D eigenvalue weighted by molar-refractivity contribution is -0.131. The van der Waals surface area contributed by atoms with E-state index in [4.69, 9.17) is 9.47 Å². The van der Waals surface area contributed by atoms with Gasteiger partial charge in [-0.3, -0.25) is 14.4 Å². The first-order chi connectivity index (χ1) is 15.1. The monoisotopic (exact) mass is 440 g/mol. The van der Waals surface area contributed by atoms with Gasteiger partial charge in [0.25, 0.3) is 5.91 Å². The number of amides is 2. The van der Waals surface area contributed by atoms with Gasteiger partial charge < -0.3 is 20.1 Å². The molecule has 0 atom stereocenters. The standard InChI is InChI=1S/C25H32N2O5/c1-18(28)32-22-8-5-7-19(17-22)24(30)27-15-14-26-23(29)9-6-16-31-21-12-10-20(11-13-21)25(2,3)4/h5,7-8,10-13,17H,6,9,14-16H2,1-4H3,(H,26,29)(H,27,30). The van der Waals surface area contributed by atoms with Crippen molar-refractivity contribution in [1.29, 1.82) is 0 Å². The molecular weight excluding hydrogens is 408 g/mol. The quantitative estimate of drug-likeness (QED) is 0.334. The van der Waals surface area contributed by atoms with Gasteiger partial charge in [0.15, 0.2) is 0 Å². The van der Waals surface area contributed by atoms with Gasteiger partial charge in [-0.25, -0.2) is 0 Å². The Morgan fingerprint density at radius 1 is 0.906 bits per heavy atom. The molecule has 2 N–H and O–H groups in total. The van der Waals surface area contributed by atoms with Crippen LogP contribution in [0.5, 0.6) is 11.5 Å². The number of nitrogens with one attached hydrogen (secondary N) is 2. The van der Waals surface area contributed by atoms with Gasteiger partial charge in [-0.05, 0) is 47.7 Å². The van der Waals surface area contributed by atoms with Crippen molar-refractivity contribution in [2.45, 2.75) is 46.0 Å². The zero-order chi connectivity index (χ0) is 23.6. The predicted molar refractivity (Wildman–Crippen MR) is 123 cm³/mol. The third-order valence-corrected chi connectivity index (χ3v) is 4.63. The van der Waals surface area contributed by atoms with Crippen molar-refractivity contribution in [2.75, 3.05) is 19.7 Å². The zero-order valence-electron chi connectivity index (χ0n) is 19.2. The average molecular weight is 441 g/mol. The number of esters is 1. The first-order valence-electron chi connectivity index (χ1n) is 10.7.